The molecular formula is C6H12NaO4S-. The average molecular weight is 203 g/mol. The Bertz CT molecular complexity index is 147. The van der Waals surface area contributed by atoms with Crippen molar-refractivity contribution in [3.05, 3.63) is 12.7 Å². The monoisotopic (exact) mass is 203 g/mol. The van der Waals surface area contributed by atoms with Crippen LogP contribution in [-0.2, 0) is 20.3 Å². The third-order valence-corrected chi connectivity index (χ3v) is 1.32. The maximum absolute atomic E-state index is 9.94. The molecule has 6 heteroatoms. The Morgan fingerprint density at radius 1 is 1.83 bits per heavy atom. The summed E-state index contributed by atoms with van der Waals surface area (Å²) in [5.41, 5.74) is 0. The molecule has 0 aromatic heterocycles. The van der Waals surface area contributed by atoms with Gasteiger partial charge in [-0.2, -0.15) is 0 Å². The van der Waals surface area contributed by atoms with Crippen LogP contribution in [0.4, 0.5) is 0 Å². The Kier molecular flexibility index (Phi) is 12.5. The summed E-state index contributed by atoms with van der Waals surface area (Å²) in [6, 6.07) is 0. The second kappa shape index (κ2) is 9.85. The zero-order chi connectivity index (χ0) is 8.69. The van der Waals surface area contributed by atoms with Gasteiger partial charge in [-0.25, -0.2) is 4.21 Å². The normalized spacial score (nSPS) is 14.5. The van der Waals surface area contributed by atoms with Crippen LogP contribution in [0.25, 0.3) is 0 Å². The summed E-state index contributed by atoms with van der Waals surface area (Å²) in [4.78, 5) is 0. The van der Waals surface area contributed by atoms with Crippen molar-refractivity contribution in [1.29, 1.82) is 0 Å². The van der Waals surface area contributed by atoms with E-state index in [9.17, 15) is 8.76 Å². The molecule has 0 saturated carbocycles. The fourth-order valence-corrected chi connectivity index (χ4v) is 0.803. The molecule has 12 heavy (non-hydrogen) atoms. The maximum atomic E-state index is 9.94. The van der Waals surface area contributed by atoms with Crippen molar-refractivity contribution in [2.75, 3.05) is 13.2 Å². The molecule has 0 fully saturated rings. The Labute approximate surface area is 98.6 Å². The van der Waals surface area contributed by atoms with Crippen molar-refractivity contribution in [3.63, 3.8) is 0 Å². The molecular weight excluding hydrogens is 191 g/mol. The number of ether oxygens (including phenoxy) is 1. The molecule has 2 unspecified atom stereocenters. The molecule has 0 aliphatic heterocycles. The van der Waals surface area contributed by atoms with Crippen LogP contribution < -0.4 is 29.6 Å². The predicted molar refractivity (Wildman–Crippen MR) is 41.6 cm³/mol. The van der Waals surface area contributed by atoms with Gasteiger partial charge in [0.15, 0.2) is 0 Å². The third-order valence-electron chi connectivity index (χ3n) is 0.831. The summed E-state index contributed by atoms with van der Waals surface area (Å²) < 4.78 is 29.2. The van der Waals surface area contributed by atoms with E-state index in [1.54, 1.807) is 13.0 Å². The number of hydrogen-bond donors (Lipinski definition) is 0. The van der Waals surface area contributed by atoms with Crippen LogP contribution in [0.15, 0.2) is 12.7 Å². The molecule has 0 radical (unpaired) electrons. The quantitative estimate of drug-likeness (QED) is 0.207. The molecule has 0 bridgehead atoms. The van der Waals surface area contributed by atoms with Crippen LogP contribution >= 0.6 is 0 Å². The van der Waals surface area contributed by atoms with Crippen LogP contribution in [0.3, 0.4) is 0 Å². The topological polar surface area (TPSA) is 58.6 Å². The van der Waals surface area contributed by atoms with Crippen molar-refractivity contribution >= 4 is 11.4 Å². The molecule has 0 saturated heterocycles. The van der Waals surface area contributed by atoms with E-state index in [1.165, 1.54) is 0 Å². The molecule has 0 aromatic carbocycles. The summed E-state index contributed by atoms with van der Waals surface area (Å²) in [7, 11) is 0. The van der Waals surface area contributed by atoms with Crippen molar-refractivity contribution in [2.45, 2.75) is 13.0 Å². The third kappa shape index (κ3) is 10.8. The summed E-state index contributed by atoms with van der Waals surface area (Å²) in [6.45, 7) is 5.69. The standard InChI is InChI=1S/C6H12O4S.Na.H/c1-3-4-9-5-6(2)10-11(7)8;;/h3,6H,1,4-5H2,2H3,(H,7,8);;/q;+1;-1/p-1. The van der Waals surface area contributed by atoms with Crippen molar-refractivity contribution < 1.29 is 48.7 Å². The fraction of sp³-hybridized carbons (Fsp3) is 0.667. The van der Waals surface area contributed by atoms with Crippen LogP contribution in [0.2, 0.25) is 0 Å². The van der Waals surface area contributed by atoms with Gasteiger partial charge in [-0.05, 0) is 6.92 Å². The summed E-state index contributed by atoms with van der Waals surface area (Å²) in [5.74, 6) is 0. The number of rotatable bonds is 6. The Hall–Kier alpha value is 0.770. The molecule has 0 aliphatic rings. The van der Waals surface area contributed by atoms with Crippen molar-refractivity contribution in [3.8, 4) is 0 Å². The first-order chi connectivity index (χ1) is 5.16. The molecule has 0 rings (SSSR count). The van der Waals surface area contributed by atoms with Gasteiger partial charge in [0.05, 0.1) is 30.7 Å². The molecule has 4 nitrogen and oxygen atoms in total. The van der Waals surface area contributed by atoms with E-state index in [0.717, 1.165) is 0 Å². The van der Waals surface area contributed by atoms with Gasteiger partial charge in [0, 0.05) is 0 Å². The van der Waals surface area contributed by atoms with E-state index in [2.05, 4.69) is 10.8 Å². The zero-order valence-corrected chi connectivity index (χ0v) is 10.1. The van der Waals surface area contributed by atoms with Gasteiger partial charge in [-0.15, -0.1) is 6.58 Å². The molecule has 0 amide bonds. The Morgan fingerprint density at radius 3 is 2.83 bits per heavy atom. The minimum atomic E-state index is -2.46. The molecule has 0 aliphatic carbocycles. The first-order valence-electron chi connectivity index (χ1n) is 3.12. The van der Waals surface area contributed by atoms with Gasteiger partial charge in [-0.1, -0.05) is 6.08 Å². The van der Waals surface area contributed by atoms with E-state index in [0.29, 0.717) is 6.61 Å². The second-order valence-electron chi connectivity index (χ2n) is 1.94. The van der Waals surface area contributed by atoms with Gasteiger partial charge < -0.3 is 10.7 Å². The maximum Gasteiger partial charge on any atom is 1.00 e. The Morgan fingerprint density at radius 2 is 2.42 bits per heavy atom. The van der Waals surface area contributed by atoms with E-state index in [4.69, 9.17) is 4.74 Å². The summed E-state index contributed by atoms with van der Waals surface area (Å²) in [5, 5.41) is 0. The largest absolute Gasteiger partial charge is 1.00 e. The van der Waals surface area contributed by atoms with Crippen LogP contribution in [0, 0.1) is 0 Å². The first-order valence-corrected chi connectivity index (χ1v) is 4.12. The van der Waals surface area contributed by atoms with Gasteiger partial charge >= 0.3 is 29.6 Å². The SMILES string of the molecule is C=CCOCC(C)OS(=O)[O-].[H-].[Na+]. The predicted octanol–water partition coefficient (Wildman–Crippen LogP) is -2.50. The smallest absolute Gasteiger partial charge is 1.00 e. The second-order valence-corrected chi connectivity index (χ2v) is 2.54. The molecule has 0 heterocycles. The minimum Gasteiger partial charge on any atom is -1.00 e. The molecule has 2 atom stereocenters. The van der Waals surface area contributed by atoms with E-state index in [1.807, 2.05) is 0 Å². The van der Waals surface area contributed by atoms with Gasteiger partial charge in [-0.3, -0.25) is 4.18 Å². The van der Waals surface area contributed by atoms with E-state index < -0.39 is 17.5 Å². The van der Waals surface area contributed by atoms with Gasteiger partial charge in [0.1, 0.15) is 0 Å². The fourth-order valence-electron chi connectivity index (χ4n) is 0.479. The van der Waals surface area contributed by atoms with Gasteiger partial charge in [0.25, 0.3) is 0 Å². The molecule has 0 N–H and O–H groups in total. The molecule has 0 spiro atoms. The molecule has 68 valence electrons. The van der Waals surface area contributed by atoms with Crippen molar-refractivity contribution in [1.82, 2.24) is 0 Å². The van der Waals surface area contributed by atoms with Crippen LogP contribution in [0.1, 0.15) is 8.35 Å². The van der Waals surface area contributed by atoms with Crippen molar-refractivity contribution in [2.24, 2.45) is 0 Å². The summed E-state index contributed by atoms with van der Waals surface area (Å²) in [6.07, 6.45) is 1.15. The van der Waals surface area contributed by atoms with Gasteiger partial charge in [0.2, 0.25) is 0 Å². The zero-order valence-electron chi connectivity index (χ0n) is 8.32. The molecule has 0 aromatic rings. The van der Waals surface area contributed by atoms with E-state index >= 15 is 0 Å². The van der Waals surface area contributed by atoms with E-state index in [-0.39, 0.29) is 37.6 Å². The first kappa shape index (κ1) is 15.3. The summed E-state index contributed by atoms with van der Waals surface area (Å²) >= 11 is -2.46. The number of hydrogen-bond acceptors (Lipinski definition) is 4. The average Bonchev–Trinajstić information content (AvgIpc) is 1.86. The minimum absolute atomic E-state index is 0. The van der Waals surface area contributed by atoms with Crippen LogP contribution in [-0.4, -0.2) is 28.1 Å². The van der Waals surface area contributed by atoms with Crippen LogP contribution in [0.5, 0.6) is 0 Å². The Balaban J connectivity index is -0.000000500.